The van der Waals surface area contributed by atoms with Gasteiger partial charge >= 0.3 is 0 Å². The zero-order chi connectivity index (χ0) is 13.8. The number of aromatic nitrogens is 2. The number of nitrogens with one attached hydrogen (secondary N) is 1. The van der Waals surface area contributed by atoms with Crippen molar-refractivity contribution < 1.29 is 0 Å². The second-order valence-electron chi connectivity index (χ2n) is 5.74. The van der Waals surface area contributed by atoms with E-state index in [1.807, 2.05) is 18.2 Å². The molecule has 0 spiro atoms. The van der Waals surface area contributed by atoms with E-state index in [1.54, 1.807) is 0 Å². The lowest BCUT2D eigenvalue weighted by Gasteiger charge is -2.09. The predicted molar refractivity (Wildman–Crippen MR) is 79.6 cm³/mol. The number of nitrogen functional groups attached to an aromatic ring is 1. The van der Waals surface area contributed by atoms with Crippen molar-refractivity contribution in [2.75, 3.05) is 5.73 Å². The van der Waals surface area contributed by atoms with Crippen LogP contribution in [-0.2, 0) is 0 Å². The summed E-state index contributed by atoms with van der Waals surface area (Å²) in [6.45, 7) is 4.46. The average Bonchev–Trinajstić information content (AvgIpc) is 2.78. The van der Waals surface area contributed by atoms with Crippen LogP contribution in [0.15, 0.2) is 18.2 Å². The molecule has 5 heteroatoms. The van der Waals surface area contributed by atoms with Gasteiger partial charge in [-0.05, 0) is 24.0 Å². The highest BCUT2D eigenvalue weighted by molar-refractivity contribution is 6.39. The molecular formula is C14H15Cl2N3. The Labute approximate surface area is 122 Å². The number of halogens is 2. The molecular weight excluding hydrogens is 281 g/mol. The van der Waals surface area contributed by atoms with Gasteiger partial charge in [0.05, 0.1) is 10.0 Å². The minimum absolute atomic E-state index is 0.279. The summed E-state index contributed by atoms with van der Waals surface area (Å²) in [6.07, 6.45) is 1.11. The Morgan fingerprint density at radius 1 is 1.26 bits per heavy atom. The predicted octanol–water partition coefficient (Wildman–Crippen LogP) is 4.48. The molecule has 19 heavy (non-hydrogen) atoms. The van der Waals surface area contributed by atoms with E-state index in [4.69, 9.17) is 28.9 Å². The van der Waals surface area contributed by atoms with E-state index in [-0.39, 0.29) is 5.41 Å². The topological polar surface area (TPSA) is 54.7 Å². The largest absolute Gasteiger partial charge is 0.382 e. The van der Waals surface area contributed by atoms with Crippen LogP contribution >= 0.6 is 23.2 Å². The number of rotatable bonds is 2. The minimum Gasteiger partial charge on any atom is -0.382 e. The first-order valence-corrected chi connectivity index (χ1v) is 6.95. The van der Waals surface area contributed by atoms with Gasteiger partial charge in [-0.25, -0.2) is 0 Å². The molecule has 2 aromatic rings. The molecule has 0 aliphatic heterocycles. The van der Waals surface area contributed by atoms with Crippen LogP contribution in [-0.4, -0.2) is 10.2 Å². The number of aromatic amines is 1. The van der Waals surface area contributed by atoms with E-state index in [1.165, 1.54) is 0 Å². The summed E-state index contributed by atoms with van der Waals surface area (Å²) in [5.41, 5.74) is 8.95. The normalized spacial score (nSPS) is 20.5. The Morgan fingerprint density at radius 2 is 1.84 bits per heavy atom. The van der Waals surface area contributed by atoms with Crippen LogP contribution in [0.25, 0.3) is 11.1 Å². The van der Waals surface area contributed by atoms with Gasteiger partial charge in [0.15, 0.2) is 5.82 Å². The van der Waals surface area contributed by atoms with Crippen molar-refractivity contribution in [1.82, 2.24) is 10.2 Å². The zero-order valence-corrected chi connectivity index (χ0v) is 12.3. The number of H-pyrrole nitrogens is 1. The lowest BCUT2D eigenvalue weighted by atomic mass is 9.99. The maximum absolute atomic E-state index is 6.28. The Bertz CT molecular complexity index is 626. The number of nitrogens with two attached hydrogens (primary N) is 1. The van der Waals surface area contributed by atoms with Crippen LogP contribution in [0.5, 0.6) is 0 Å². The van der Waals surface area contributed by atoms with Crippen LogP contribution in [0, 0.1) is 5.41 Å². The first kappa shape index (κ1) is 12.8. The van der Waals surface area contributed by atoms with Crippen molar-refractivity contribution in [2.24, 2.45) is 5.41 Å². The molecule has 3 N–H and O–H groups in total. The molecule has 1 fully saturated rings. The van der Waals surface area contributed by atoms with Gasteiger partial charge in [-0.2, -0.15) is 5.10 Å². The number of hydrogen-bond acceptors (Lipinski definition) is 2. The molecule has 1 unspecified atom stereocenters. The van der Waals surface area contributed by atoms with Gasteiger partial charge in [-0.1, -0.05) is 43.1 Å². The zero-order valence-electron chi connectivity index (χ0n) is 10.8. The van der Waals surface area contributed by atoms with Crippen LogP contribution in [0.2, 0.25) is 10.0 Å². The Kier molecular flexibility index (Phi) is 2.80. The third kappa shape index (κ3) is 2.01. The Hall–Kier alpha value is -1.19. The molecule has 1 aromatic carbocycles. The highest BCUT2D eigenvalue weighted by Gasteiger charge is 2.49. The van der Waals surface area contributed by atoms with E-state index in [2.05, 4.69) is 24.0 Å². The molecule has 100 valence electrons. The fourth-order valence-corrected chi connectivity index (χ4v) is 3.17. The van der Waals surface area contributed by atoms with E-state index in [0.717, 1.165) is 23.2 Å². The second-order valence-corrected chi connectivity index (χ2v) is 6.55. The monoisotopic (exact) mass is 295 g/mol. The SMILES string of the molecule is CC1(C)CC1c1[nH]nc(N)c1-c1c(Cl)cccc1Cl. The van der Waals surface area contributed by atoms with Crippen molar-refractivity contribution in [3.05, 3.63) is 33.9 Å². The van der Waals surface area contributed by atoms with E-state index in [0.29, 0.717) is 21.8 Å². The molecule has 1 aliphatic rings. The van der Waals surface area contributed by atoms with E-state index >= 15 is 0 Å². The summed E-state index contributed by atoms with van der Waals surface area (Å²) in [7, 11) is 0. The quantitative estimate of drug-likeness (QED) is 0.858. The van der Waals surface area contributed by atoms with Crippen LogP contribution in [0.1, 0.15) is 31.9 Å². The van der Waals surface area contributed by atoms with Crippen molar-refractivity contribution in [3.63, 3.8) is 0 Å². The molecule has 0 bridgehead atoms. The third-order valence-corrected chi connectivity index (χ3v) is 4.53. The Morgan fingerprint density at radius 3 is 2.37 bits per heavy atom. The summed E-state index contributed by atoms with van der Waals surface area (Å²) in [5.74, 6) is 0.882. The van der Waals surface area contributed by atoms with Crippen molar-refractivity contribution in [2.45, 2.75) is 26.2 Å². The first-order chi connectivity index (χ1) is 8.92. The van der Waals surface area contributed by atoms with Crippen LogP contribution in [0.4, 0.5) is 5.82 Å². The molecule has 1 atom stereocenters. The minimum atomic E-state index is 0.279. The smallest absolute Gasteiger partial charge is 0.153 e. The number of benzene rings is 1. The molecule has 1 saturated carbocycles. The molecule has 0 saturated heterocycles. The van der Waals surface area contributed by atoms with Crippen LogP contribution < -0.4 is 5.73 Å². The first-order valence-electron chi connectivity index (χ1n) is 6.20. The highest BCUT2D eigenvalue weighted by atomic mass is 35.5. The van der Waals surface area contributed by atoms with Gasteiger partial charge in [0.25, 0.3) is 0 Å². The van der Waals surface area contributed by atoms with Gasteiger partial charge in [-0.3, -0.25) is 5.10 Å². The molecule has 0 amide bonds. The summed E-state index contributed by atoms with van der Waals surface area (Å²) in [5, 5.41) is 8.38. The lowest BCUT2D eigenvalue weighted by Crippen LogP contribution is -1.95. The van der Waals surface area contributed by atoms with E-state index in [9.17, 15) is 0 Å². The van der Waals surface area contributed by atoms with Crippen molar-refractivity contribution in [1.29, 1.82) is 0 Å². The maximum atomic E-state index is 6.28. The van der Waals surface area contributed by atoms with E-state index < -0.39 is 0 Å². The number of nitrogens with zero attached hydrogens (tertiary/aromatic N) is 1. The summed E-state index contributed by atoms with van der Waals surface area (Å²) < 4.78 is 0. The lowest BCUT2D eigenvalue weighted by molar-refractivity contribution is 0.615. The van der Waals surface area contributed by atoms with Gasteiger partial charge in [-0.15, -0.1) is 0 Å². The molecule has 1 aromatic heterocycles. The van der Waals surface area contributed by atoms with Gasteiger partial charge < -0.3 is 5.73 Å². The van der Waals surface area contributed by atoms with Gasteiger partial charge in [0, 0.05) is 22.7 Å². The summed E-state index contributed by atoms with van der Waals surface area (Å²) in [4.78, 5) is 0. The molecule has 1 aliphatic carbocycles. The van der Waals surface area contributed by atoms with Crippen molar-refractivity contribution >= 4 is 29.0 Å². The average molecular weight is 296 g/mol. The molecule has 1 heterocycles. The molecule has 3 nitrogen and oxygen atoms in total. The maximum Gasteiger partial charge on any atom is 0.153 e. The number of anilines is 1. The number of hydrogen-bond donors (Lipinski definition) is 2. The Balaban J connectivity index is 2.18. The van der Waals surface area contributed by atoms with Gasteiger partial charge in [0.1, 0.15) is 0 Å². The molecule has 3 rings (SSSR count). The molecule has 0 radical (unpaired) electrons. The fraction of sp³-hybridized carbons (Fsp3) is 0.357. The summed E-state index contributed by atoms with van der Waals surface area (Å²) >= 11 is 12.6. The van der Waals surface area contributed by atoms with Gasteiger partial charge in [0.2, 0.25) is 0 Å². The second kappa shape index (κ2) is 4.15. The fourth-order valence-electron chi connectivity index (χ4n) is 2.58. The highest BCUT2D eigenvalue weighted by Crippen LogP contribution is 2.60. The summed E-state index contributed by atoms with van der Waals surface area (Å²) in [6, 6.07) is 5.46. The van der Waals surface area contributed by atoms with Crippen molar-refractivity contribution in [3.8, 4) is 11.1 Å². The standard InChI is InChI=1S/C14H15Cl2N3/c1-14(2)6-7(14)12-11(13(17)19-18-12)10-8(15)4-3-5-9(10)16/h3-5,7H,6H2,1-2H3,(H3,17,18,19). The third-order valence-electron chi connectivity index (χ3n) is 3.90. The van der Waals surface area contributed by atoms with Crippen LogP contribution in [0.3, 0.4) is 0 Å².